The summed E-state index contributed by atoms with van der Waals surface area (Å²) in [5, 5.41) is 24.1. The van der Waals surface area contributed by atoms with Gasteiger partial charge in [0.15, 0.2) is 0 Å². The number of nitrogens with one attached hydrogen (secondary N) is 2. The Morgan fingerprint density at radius 1 is 0.981 bits per heavy atom. The number of rotatable bonds is 14. The summed E-state index contributed by atoms with van der Waals surface area (Å²) < 4.78 is 72.5. The second kappa shape index (κ2) is 18.5. The van der Waals surface area contributed by atoms with Crippen LogP contribution >= 0.6 is 0 Å². The standard InChI is InChI=1S/C37H39F3N4O6S.CH2O2/c1-50-32-14-7-13-29(22-32)44(51(2,48)49)31-20-27(19-30(21-31)43-16-8-15-35(43)46)36(47)42-33(18-25-9-4-3-5-10-25)34(45)24-41-23-26-11-6-12-28(17-26)37(38,39)40;2-1-3/h3-7,9-14,17,19-22,33-34,41,45H,8,15-16,18,23-24H2,1-2H3,(H,42,47);1H,(H,2,3)/t33-,34+;/m0./s1. The molecule has 4 aromatic carbocycles. The van der Waals surface area contributed by atoms with E-state index in [0.717, 1.165) is 28.3 Å². The molecular formula is C38H41F3N4O8S. The van der Waals surface area contributed by atoms with Crippen molar-refractivity contribution in [2.45, 2.75) is 44.1 Å². The van der Waals surface area contributed by atoms with E-state index in [9.17, 15) is 36.3 Å². The number of amides is 2. The molecule has 1 aliphatic rings. The number of carbonyl (C=O) groups excluding carboxylic acids is 2. The Balaban J connectivity index is 0.00000209. The van der Waals surface area contributed by atoms with Crippen molar-refractivity contribution < 1.29 is 50.9 Å². The van der Waals surface area contributed by atoms with Gasteiger partial charge in [0.05, 0.1) is 42.4 Å². The summed E-state index contributed by atoms with van der Waals surface area (Å²) in [5.74, 6) is -0.402. The highest BCUT2D eigenvalue weighted by atomic mass is 32.2. The van der Waals surface area contributed by atoms with Crippen LogP contribution in [-0.2, 0) is 38.8 Å². The van der Waals surface area contributed by atoms with Gasteiger partial charge in [0.1, 0.15) is 5.75 Å². The van der Waals surface area contributed by atoms with Gasteiger partial charge in [-0.2, -0.15) is 13.2 Å². The highest BCUT2D eigenvalue weighted by molar-refractivity contribution is 7.92. The Labute approximate surface area is 311 Å². The first-order valence-electron chi connectivity index (χ1n) is 16.7. The molecule has 2 amide bonds. The Hall–Kier alpha value is -5.45. The molecule has 0 unspecified atom stereocenters. The molecule has 2 atom stereocenters. The van der Waals surface area contributed by atoms with E-state index in [1.807, 2.05) is 30.3 Å². The smallest absolute Gasteiger partial charge is 0.416 e. The van der Waals surface area contributed by atoms with Crippen molar-refractivity contribution in [2.75, 3.05) is 35.7 Å². The lowest BCUT2D eigenvalue weighted by Gasteiger charge is -2.27. The molecule has 1 heterocycles. The number of benzene rings is 4. The van der Waals surface area contributed by atoms with Crippen LogP contribution in [0.3, 0.4) is 0 Å². The molecule has 12 nitrogen and oxygen atoms in total. The molecule has 0 saturated carbocycles. The van der Waals surface area contributed by atoms with Gasteiger partial charge in [-0.1, -0.05) is 54.6 Å². The van der Waals surface area contributed by atoms with E-state index in [-0.39, 0.29) is 48.8 Å². The van der Waals surface area contributed by atoms with Gasteiger partial charge in [0.25, 0.3) is 12.4 Å². The first-order valence-corrected chi connectivity index (χ1v) is 18.6. The topological polar surface area (TPSA) is 166 Å². The molecule has 1 aliphatic heterocycles. The summed E-state index contributed by atoms with van der Waals surface area (Å²) in [6.45, 7) is 0.0986. The van der Waals surface area contributed by atoms with E-state index >= 15 is 0 Å². The zero-order valence-corrected chi connectivity index (χ0v) is 30.3. The molecule has 0 spiro atoms. The summed E-state index contributed by atoms with van der Waals surface area (Å²) in [5.41, 5.74) is 1.12. The van der Waals surface area contributed by atoms with Crippen molar-refractivity contribution in [1.29, 1.82) is 0 Å². The van der Waals surface area contributed by atoms with Gasteiger partial charge in [-0.15, -0.1) is 0 Å². The fraction of sp³-hybridized carbons (Fsp3) is 0.289. The van der Waals surface area contributed by atoms with Gasteiger partial charge in [0.2, 0.25) is 15.9 Å². The molecule has 54 heavy (non-hydrogen) atoms. The summed E-state index contributed by atoms with van der Waals surface area (Å²) >= 11 is 0. The second-order valence-electron chi connectivity index (χ2n) is 12.4. The predicted octanol–water partition coefficient (Wildman–Crippen LogP) is 5.13. The summed E-state index contributed by atoms with van der Waals surface area (Å²) in [4.78, 5) is 36.7. The zero-order valence-electron chi connectivity index (χ0n) is 29.5. The van der Waals surface area contributed by atoms with Crippen LogP contribution in [0.15, 0.2) is 97.1 Å². The van der Waals surface area contributed by atoms with Crippen LogP contribution in [-0.4, -0.2) is 75.5 Å². The number of alkyl halides is 3. The number of aliphatic hydroxyl groups excluding tert-OH is 1. The van der Waals surface area contributed by atoms with Gasteiger partial charge >= 0.3 is 6.18 Å². The van der Waals surface area contributed by atoms with Crippen molar-refractivity contribution in [2.24, 2.45) is 0 Å². The van der Waals surface area contributed by atoms with Crippen molar-refractivity contribution >= 4 is 45.4 Å². The summed E-state index contributed by atoms with van der Waals surface area (Å²) in [7, 11) is -2.53. The van der Waals surface area contributed by atoms with Gasteiger partial charge in [-0.05, 0) is 60.4 Å². The summed E-state index contributed by atoms with van der Waals surface area (Å²) in [6.07, 6.45) is -3.56. The number of hydrogen-bond acceptors (Lipinski definition) is 8. The first-order chi connectivity index (χ1) is 25.6. The highest BCUT2D eigenvalue weighted by Crippen LogP contribution is 2.35. The molecule has 16 heteroatoms. The number of sulfonamides is 1. The fourth-order valence-corrected chi connectivity index (χ4v) is 6.94. The molecule has 1 saturated heterocycles. The van der Waals surface area contributed by atoms with E-state index < -0.39 is 39.8 Å². The van der Waals surface area contributed by atoms with Crippen LogP contribution in [0, 0.1) is 0 Å². The van der Waals surface area contributed by atoms with Crippen LogP contribution < -0.4 is 24.6 Å². The summed E-state index contributed by atoms with van der Waals surface area (Å²) in [6, 6.07) is 24.0. The van der Waals surface area contributed by atoms with E-state index in [4.69, 9.17) is 14.6 Å². The predicted molar refractivity (Wildman–Crippen MR) is 197 cm³/mol. The van der Waals surface area contributed by atoms with Gasteiger partial charge in [-0.3, -0.25) is 14.4 Å². The first kappa shape index (κ1) is 41.3. The number of aliphatic hydroxyl groups is 1. The largest absolute Gasteiger partial charge is 0.497 e. The number of methoxy groups -OCH3 is 1. The minimum absolute atomic E-state index is 0.0356. The number of ether oxygens (including phenoxy) is 1. The Morgan fingerprint density at radius 3 is 2.30 bits per heavy atom. The molecule has 0 bridgehead atoms. The number of hydrogen-bond donors (Lipinski definition) is 4. The molecule has 0 aliphatic carbocycles. The van der Waals surface area contributed by atoms with Gasteiger partial charge < -0.3 is 30.5 Å². The number of carboxylic acid groups (broad SMARTS) is 1. The van der Waals surface area contributed by atoms with E-state index in [0.29, 0.717) is 36.4 Å². The van der Waals surface area contributed by atoms with Crippen LogP contribution in [0.4, 0.5) is 30.2 Å². The fourth-order valence-electron chi connectivity index (χ4n) is 5.96. The molecule has 1 fully saturated rings. The molecule has 4 aromatic rings. The molecular weight excluding hydrogens is 729 g/mol. The average Bonchev–Trinajstić information content (AvgIpc) is 3.57. The lowest BCUT2D eigenvalue weighted by molar-refractivity contribution is -0.137. The lowest BCUT2D eigenvalue weighted by atomic mass is 10.00. The van der Waals surface area contributed by atoms with E-state index in [1.165, 1.54) is 42.3 Å². The number of halogens is 3. The van der Waals surface area contributed by atoms with Crippen LogP contribution in [0.25, 0.3) is 0 Å². The Bertz CT molecular complexity index is 2020. The Morgan fingerprint density at radius 2 is 1.67 bits per heavy atom. The molecule has 5 rings (SSSR count). The minimum Gasteiger partial charge on any atom is -0.497 e. The maximum atomic E-state index is 14.0. The molecule has 0 radical (unpaired) electrons. The second-order valence-corrected chi connectivity index (χ2v) is 14.2. The van der Waals surface area contributed by atoms with Crippen molar-refractivity contribution in [1.82, 2.24) is 10.6 Å². The number of anilines is 3. The average molecular weight is 771 g/mol. The Kier molecular flexibility index (Phi) is 14.2. The van der Waals surface area contributed by atoms with Gasteiger partial charge in [-0.25, -0.2) is 12.7 Å². The monoisotopic (exact) mass is 770 g/mol. The number of carbonyl (C=O) groups is 3. The van der Waals surface area contributed by atoms with E-state index in [2.05, 4.69) is 10.6 Å². The van der Waals surface area contributed by atoms with Gasteiger partial charge in [0, 0.05) is 43.4 Å². The zero-order chi connectivity index (χ0) is 39.5. The van der Waals surface area contributed by atoms with E-state index in [1.54, 1.807) is 24.3 Å². The van der Waals surface area contributed by atoms with Crippen molar-refractivity contribution in [3.63, 3.8) is 0 Å². The van der Waals surface area contributed by atoms with Crippen LogP contribution in [0.2, 0.25) is 0 Å². The SMILES string of the molecule is COc1cccc(N(c2cc(C(=O)N[C@@H](Cc3ccccc3)[C@H](O)CNCc3cccc(C(F)(F)F)c3)cc(N3CCCC3=O)c2)S(C)(=O)=O)c1.O=CO. The normalized spacial score (nSPS) is 14.0. The van der Waals surface area contributed by atoms with Crippen LogP contribution in [0.1, 0.15) is 39.9 Å². The highest BCUT2D eigenvalue weighted by Gasteiger charge is 2.31. The maximum Gasteiger partial charge on any atom is 0.416 e. The molecule has 0 aromatic heterocycles. The molecule has 288 valence electrons. The van der Waals surface area contributed by atoms with Crippen LogP contribution in [0.5, 0.6) is 5.75 Å². The quantitative estimate of drug-likeness (QED) is 0.127. The van der Waals surface area contributed by atoms with Crippen molar-refractivity contribution in [3.05, 3.63) is 119 Å². The third-order valence-corrected chi connectivity index (χ3v) is 9.51. The minimum atomic E-state index is -4.49. The maximum absolute atomic E-state index is 14.0. The third-order valence-electron chi connectivity index (χ3n) is 8.42. The third kappa shape index (κ3) is 11.3. The molecule has 4 N–H and O–H groups in total. The number of nitrogens with zero attached hydrogens (tertiary/aromatic N) is 2. The lowest BCUT2D eigenvalue weighted by Crippen LogP contribution is -2.48. The van der Waals surface area contributed by atoms with Crippen molar-refractivity contribution in [3.8, 4) is 5.75 Å².